The maximum Gasteiger partial charge on any atom is 0.320 e. The minimum absolute atomic E-state index is 0.562. The molecule has 0 radical (unpaired) electrons. The highest BCUT2D eigenvalue weighted by atomic mass is 16.4. The Morgan fingerprint density at radius 1 is 0.947 bits per heavy atom. The summed E-state index contributed by atoms with van der Waals surface area (Å²) in [5.74, 6) is 1.22. The third-order valence-electron chi connectivity index (χ3n) is 5.35. The summed E-state index contributed by atoms with van der Waals surface area (Å²) in [6.07, 6.45) is 13.9. The minimum atomic E-state index is -0.823. The van der Waals surface area contributed by atoms with E-state index < -0.39 is 12.0 Å². The molecular formula is C16H29NO2. The summed E-state index contributed by atoms with van der Waals surface area (Å²) in [6.45, 7) is 0. The molecule has 3 N–H and O–H groups in total. The largest absolute Gasteiger partial charge is 0.480 e. The Labute approximate surface area is 116 Å². The number of carbonyl (C=O) groups is 1. The van der Waals surface area contributed by atoms with Gasteiger partial charge in [0.25, 0.3) is 0 Å². The zero-order valence-corrected chi connectivity index (χ0v) is 12.0. The molecule has 3 nitrogen and oxygen atoms in total. The summed E-state index contributed by atoms with van der Waals surface area (Å²) in [4.78, 5) is 11.1. The highest BCUT2D eigenvalue weighted by Crippen LogP contribution is 2.41. The average molecular weight is 267 g/mol. The van der Waals surface area contributed by atoms with Gasteiger partial charge in [-0.25, -0.2) is 0 Å². The molecule has 0 amide bonds. The van der Waals surface area contributed by atoms with Crippen molar-refractivity contribution in [3.05, 3.63) is 0 Å². The van der Waals surface area contributed by atoms with Crippen LogP contribution in [-0.4, -0.2) is 17.1 Å². The van der Waals surface area contributed by atoms with Gasteiger partial charge in [-0.2, -0.15) is 0 Å². The van der Waals surface area contributed by atoms with Gasteiger partial charge in [0.2, 0.25) is 0 Å². The molecular weight excluding hydrogens is 238 g/mol. The fourth-order valence-corrected chi connectivity index (χ4v) is 4.29. The first-order valence-corrected chi connectivity index (χ1v) is 8.17. The first kappa shape index (κ1) is 14.8. The van der Waals surface area contributed by atoms with Crippen LogP contribution in [0.4, 0.5) is 0 Å². The monoisotopic (exact) mass is 267 g/mol. The number of carboxylic acid groups (broad SMARTS) is 1. The van der Waals surface area contributed by atoms with Crippen LogP contribution in [0.2, 0.25) is 0 Å². The molecule has 2 fully saturated rings. The first-order chi connectivity index (χ1) is 9.18. The standard InChI is InChI=1S/C16H29NO2/c17-15(16(18)19)11-14(12-7-3-1-4-8-12)13-9-5-2-6-10-13/h12-15H,1-11,17H2,(H,18,19)/t15-/m0/s1. The molecule has 0 spiro atoms. The fraction of sp³-hybridized carbons (Fsp3) is 0.938. The SMILES string of the molecule is N[C@@H](CC(C1CCCCC1)C1CCCCC1)C(=O)O. The molecule has 2 saturated carbocycles. The van der Waals surface area contributed by atoms with E-state index in [1.165, 1.54) is 64.2 Å². The van der Waals surface area contributed by atoms with Crippen molar-refractivity contribution in [1.29, 1.82) is 0 Å². The Bertz CT molecular complexity index is 262. The van der Waals surface area contributed by atoms with Crippen molar-refractivity contribution in [1.82, 2.24) is 0 Å². The molecule has 0 bridgehead atoms. The third-order valence-corrected chi connectivity index (χ3v) is 5.35. The Hall–Kier alpha value is -0.570. The van der Waals surface area contributed by atoms with E-state index in [1.54, 1.807) is 0 Å². The van der Waals surface area contributed by atoms with Crippen LogP contribution >= 0.6 is 0 Å². The Morgan fingerprint density at radius 3 is 1.74 bits per heavy atom. The summed E-state index contributed by atoms with van der Waals surface area (Å²) in [6, 6.07) is -0.658. The van der Waals surface area contributed by atoms with E-state index in [4.69, 9.17) is 10.8 Å². The van der Waals surface area contributed by atoms with Gasteiger partial charge in [-0.1, -0.05) is 64.2 Å². The summed E-state index contributed by atoms with van der Waals surface area (Å²) in [5.41, 5.74) is 5.83. The maximum absolute atomic E-state index is 11.1. The number of rotatable bonds is 5. The van der Waals surface area contributed by atoms with Gasteiger partial charge in [0.05, 0.1) is 0 Å². The van der Waals surface area contributed by atoms with Crippen molar-refractivity contribution in [2.24, 2.45) is 23.5 Å². The molecule has 2 aliphatic rings. The van der Waals surface area contributed by atoms with E-state index in [9.17, 15) is 4.79 Å². The van der Waals surface area contributed by atoms with Crippen molar-refractivity contribution in [3.8, 4) is 0 Å². The lowest BCUT2D eigenvalue weighted by Crippen LogP contribution is -2.37. The zero-order chi connectivity index (χ0) is 13.7. The van der Waals surface area contributed by atoms with E-state index in [2.05, 4.69) is 0 Å². The molecule has 0 aromatic rings. The fourth-order valence-electron chi connectivity index (χ4n) is 4.29. The van der Waals surface area contributed by atoms with Gasteiger partial charge in [-0.15, -0.1) is 0 Å². The van der Waals surface area contributed by atoms with E-state index >= 15 is 0 Å². The molecule has 2 rings (SSSR count). The Kier molecular flexibility index (Phi) is 5.68. The van der Waals surface area contributed by atoms with E-state index in [0.717, 1.165) is 11.8 Å². The maximum atomic E-state index is 11.1. The van der Waals surface area contributed by atoms with Crippen molar-refractivity contribution >= 4 is 5.97 Å². The molecule has 110 valence electrons. The molecule has 0 saturated heterocycles. The molecule has 3 heteroatoms. The Morgan fingerprint density at radius 2 is 1.37 bits per heavy atom. The summed E-state index contributed by atoms with van der Waals surface area (Å²) in [7, 11) is 0. The molecule has 19 heavy (non-hydrogen) atoms. The quantitative estimate of drug-likeness (QED) is 0.800. The second-order valence-corrected chi connectivity index (χ2v) is 6.64. The van der Waals surface area contributed by atoms with Gasteiger partial charge < -0.3 is 10.8 Å². The molecule has 0 aliphatic heterocycles. The van der Waals surface area contributed by atoms with Gasteiger partial charge in [-0.3, -0.25) is 4.79 Å². The van der Waals surface area contributed by atoms with Crippen molar-refractivity contribution in [2.75, 3.05) is 0 Å². The van der Waals surface area contributed by atoms with Gasteiger partial charge in [0.1, 0.15) is 6.04 Å². The van der Waals surface area contributed by atoms with Crippen LogP contribution in [0.5, 0.6) is 0 Å². The smallest absolute Gasteiger partial charge is 0.320 e. The number of hydrogen-bond donors (Lipinski definition) is 2. The number of carboxylic acids is 1. The van der Waals surface area contributed by atoms with Crippen LogP contribution < -0.4 is 5.73 Å². The number of hydrogen-bond acceptors (Lipinski definition) is 2. The second-order valence-electron chi connectivity index (χ2n) is 6.64. The minimum Gasteiger partial charge on any atom is -0.480 e. The topological polar surface area (TPSA) is 63.3 Å². The van der Waals surface area contributed by atoms with Crippen LogP contribution in [0.1, 0.15) is 70.6 Å². The molecule has 0 aromatic carbocycles. The highest BCUT2D eigenvalue weighted by Gasteiger charge is 2.33. The van der Waals surface area contributed by atoms with Gasteiger partial charge in [0.15, 0.2) is 0 Å². The second kappa shape index (κ2) is 7.28. The molecule has 0 unspecified atom stereocenters. The highest BCUT2D eigenvalue weighted by molar-refractivity contribution is 5.73. The molecule has 0 heterocycles. The van der Waals surface area contributed by atoms with Crippen molar-refractivity contribution in [2.45, 2.75) is 76.7 Å². The molecule has 2 aliphatic carbocycles. The molecule has 1 atom stereocenters. The Balaban J connectivity index is 2.00. The predicted octanol–water partition coefficient (Wildman–Crippen LogP) is 3.57. The van der Waals surface area contributed by atoms with Crippen LogP contribution in [-0.2, 0) is 4.79 Å². The van der Waals surface area contributed by atoms with Crippen LogP contribution in [0.15, 0.2) is 0 Å². The lowest BCUT2D eigenvalue weighted by Gasteiger charge is -2.38. The van der Waals surface area contributed by atoms with Crippen molar-refractivity contribution in [3.63, 3.8) is 0 Å². The lowest BCUT2D eigenvalue weighted by atomic mass is 9.67. The third kappa shape index (κ3) is 4.20. The van der Waals surface area contributed by atoms with Gasteiger partial charge >= 0.3 is 5.97 Å². The van der Waals surface area contributed by atoms with Gasteiger partial charge in [-0.05, 0) is 24.2 Å². The normalized spacial score (nSPS) is 24.5. The van der Waals surface area contributed by atoms with E-state index in [1.807, 2.05) is 0 Å². The predicted molar refractivity (Wildman–Crippen MR) is 76.9 cm³/mol. The van der Waals surface area contributed by atoms with Gasteiger partial charge in [0, 0.05) is 0 Å². The van der Waals surface area contributed by atoms with Crippen LogP contribution in [0.25, 0.3) is 0 Å². The van der Waals surface area contributed by atoms with Crippen LogP contribution in [0, 0.1) is 17.8 Å². The lowest BCUT2D eigenvalue weighted by molar-refractivity contribution is -0.139. The first-order valence-electron chi connectivity index (χ1n) is 8.17. The van der Waals surface area contributed by atoms with E-state index in [0.29, 0.717) is 12.3 Å². The number of aliphatic carboxylic acids is 1. The summed E-state index contributed by atoms with van der Waals surface area (Å²) >= 11 is 0. The molecule has 0 aromatic heterocycles. The van der Waals surface area contributed by atoms with Crippen molar-refractivity contribution < 1.29 is 9.90 Å². The van der Waals surface area contributed by atoms with E-state index in [-0.39, 0.29) is 0 Å². The summed E-state index contributed by atoms with van der Waals surface area (Å²) < 4.78 is 0. The average Bonchev–Trinajstić information content (AvgIpc) is 2.46. The zero-order valence-electron chi connectivity index (χ0n) is 12.0. The number of nitrogens with two attached hydrogens (primary N) is 1. The summed E-state index contributed by atoms with van der Waals surface area (Å²) in [5, 5.41) is 9.10. The van der Waals surface area contributed by atoms with Crippen LogP contribution in [0.3, 0.4) is 0 Å².